The van der Waals surface area contributed by atoms with E-state index in [1.807, 2.05) is 19.1 Å². The van der Waals surface area contributed by atoms with Crippen LogP contribution in [0.25, 0.3) is 10.3 Å². The first-order chi connectivity index (χ1) is 12.6. The van der Waals surface area contributed by atoms with Crippen molar-refractivity contribution in [2.75, 3.05) is 31.6 Å². The van der Waals surface area contributed by atoms with Crippen molar-refractivity contribution >= 4 is 44.9 Å². The summed E-state index contributed by atoms with van der Waals surface area (Å²) in [4.78, 5) is 24.0. The van der Waals surface area contributed by atoms with Crippen LogP contribution in [0.2, 0.25) is 5.02 Å². The summed E-state index contributed by atoms with van der Waals surface area (Å²) in [6.45, 7) is 5.76. The molecule has 3 heterocycles. The second-order valence-electron chi connectivity index (χ2n) is 6.21. The zero-order valence-corrected chi connectivity index (χ0v) is 15.9. The molecule has 2 N–H and O–H groups in total. The van der Waals surface area contributed by atoms with Gasteiger partial charge in [-0.2, -0.15) is 0 Å². The van der Waals surface area contributed by atoms with Crippen LogP contribution in [-0.4, -0.2) is 47.1 Å². The van der Waals surface area contributed by atoms with Gasteiger partial charge in [0.15, 0.2) is 0 Å². The number of H-pyrrole nitrogens is 1. The molecule has 1 saturated heterocycles. The minimum atomic E-state index is -0.204. The summed E-state index contributed by atoms with van der Waals surface area (Å²) in [5, 5.41) is 4.39. The van der Waals surface area contributed by atoms with Gasteiger partial charge in [0, 0.05) is 25.2 Å². The zero-order chi connectivity index (χ0) is 18.1. The SMILES string of the molecule is Cc1nc2c(CN3CCOCC3)c(C(=O)Nc3ccccc3Cl)[nH]c2s1. The Labute approximate surface area is 160 Å². The molecule has 0 atom stereocenters. The first-order valence-corrected chi connectivity index (χ1v) is 9.65. The number of aryl methyl sites for hydroxylation is 1. The normalized spacial score (nSPS) is 15.5. The fraction of sp³-hybridized carbons (Fsp3) is 0.333. The van der Waals surface area contributed by atoms with Crippen molar-refractivity contribution in [3.05, 3.63) is 45.6 Å². The monoisotopic (exact) mass is 390 g/mol. The molecule has 4 rings (SSSR count). The van der Waals surface area contributed by atoms with Gasteiger partial charge < -0.3 is 15.0 Å². The molecule has 1 aromatic carbocycles. The number of amides is 1. The quantitative estimate of drug-likeness (QED) is 0.713. The van der Waals surface area contributed by atoms with Gasteiger partial charge in [-0.25, -0.2) is 4.98 Å². The van der Waals surface area contributed by atoms with Crippen molar-refractivity contribution in [3.63, 3.8) is 0 Å². The number of thiazole rings is 1. The van der Waals surface area contributed by atoms with Gasteiger partial charge in [-0.1, -0.05) is 23.7 Å². The Morgan fingerprint density at radius 3 is 2.92 bits per heavy atom. The second kappa shape index (κ2) is 7.36. The van der Waals surface area contributed by atoms with E-state index >= 15 is 0 Å². The maximum atomic E-state index is 12.9. The van der Waals surface area contributed by atoms with Gasteiger partial charge in [0.05, 0.1) is 28.9 Å². The van der Waals surface area contributed by atoms with Crippen LogP contribution in [0, 0.1) is 6.92 Å². The van der Waals surface area contributed by atoms with E-state index in [9.17, 15) is 4.79 Å². The number of morpholine rings is 1. The molecule has 0 unspecified atom stereocenters. The number of carbonyl (C=O) groups excluding carboxylic acids is 1. The van der Waals surface area contributed by atoms with Crippen molar-refractivity contribution in [3.8, 4) is 0 Å². The van der Waals surface area contributed by atoms with Crippen LogP contribution >= 0.6 is 22.9 Å². The van der Waals surface area contributed by atoms with Gasteiger partial charge in [0.2, 0.25) is 0 Å². The van der Waals surface area contributed by atoms with E-state index in [0.717, 1.165) is 34.0 Å². The summed E-state index contributed by atoms with van der Waals surface area (Å²) < 4.78 is 5.42. The van der Waals surface area contributed by atoms with Gasteiger partial charge >= 0.3 is 0 Å². The average Bonchev–Trinajstić information content (AvgIpc) is 3.15. The molecule has 1 aliphatic rings. The zero-order valence-electron chi connectivity index (χ0n) is 14.3. The highest BCUT2D eigenvalue weighted by Gasteiger charge is 2.23. The second-order valence-corrected chi connectivity index (χ2v) is 7.82. The van der Waals surface area contributed by atoms with Crippen LogP contribution in [0.15, 0.2) is 24.3 Å². The van der Waals surface area contributed by atoms with Crippen LogP contribution in [0.4, 0.5) is 5.69 Å². The van der Waals surface area contributed by atoms with Gasteiger partial charge in [-0.15, -0.1) is 11.3 Å². The molecule has 0 bridgehead atoms. The fourth-order valence-corrected chi connectivity index (χ4v) is 4.14. The number of anilines is 1. The minimum Gasteiger partial charge on any atom is -0.379 e. The number of benzene rings is 1. The molecular formula is C18H19ClN4O2S. The van der Waals surface area contributed by atoms with Crippen molar-refractivity contribution in [1.82, 2.24) is 14.9 Å². The summed E-state index contributed by atoms with van der Waals surface area (Å²) >= 11 is 7.73. The molecule has 0 saturated carbocycles. The topological polar surface area (TPSA) is 70.2 Å². The summed E-state index contributed by atoms with van der Waals surface area (Å²) in [5.41, 5.74) is 2.95. The number of aromatic nitrogens is 2. The van der Waals surface area contributed by atoms with Gasteiger partial charge in [0.1, 0.15) is 16.0 Å². The summed E-state index contributed by atoms with van der Waals surface area (Å²) in [6, 6.07) is 7.22. The molecule has 1 fully saturated rings. The molecule has 136 valence electrons. The van der Waals surface area contributed by atoms with E-state index in [2.05, 4.69) is 20.2 Å². The standard InChI is InChI=1S/C18H19ClN4O2S/c1-11-20-16-12(10-23-6-8-25-9-7-23)15(22-18(16)26-11)17(24)21-14-5-3-2-4-13(14)19/h2-5,22H,6-10H2,1H3,(H,21,24). The van der Waals surface area contributed by atoms with Crippen LogP contribution < -0.4 is 5.32 Å². The molecule has 1 amide bonds. The third-order valence-corrected chi connectivity index (χ3v) is 5.61. The molecule has 0 aliphatic carbocycles. The Morgan fingerprint density at radius 1 is 1.38 bits per heavy atom. The van der Waals surface area contributed by atoms with Gasteiger partial charge in [-0.05, 0) is 19.1 Å². The average molecular weight is 391 g/mol. The number of halogens is 1. The maximum Gasteiger partial charge on any atom is 0.272 e. The Kier molecular flexibility index (Phi) is 4.95. The van der Waals surface area contributed by atoms with Crippen molar-refractivity contribution in [1.29, 1.82) is 0 Å². The lowest BCUT2D eigenvalue weighted by Crippen LogP contribution is -2.36. The largest absolute Gasteiger partial charge is 0.379 e. The smallest absolute Gasteiger partial charge is 0.272 e. The predicted octanol–water partition coefficient (Wildman–Crippen LogP) is 3.67. The van der Waals surface area contributed by atoms with Crippen LogP contribution in [0.1, 0.15) is 21.1 Å². The number of nitrogens with zero attached hydrogens (tertiary/aromatic N) is 2. The first-order valence-electron chi connectivity index (χ1n) is 8.46. The molecule has 6 nitrogen and oxygen atoms in total. The van der Waals surface area contributed by atoms with Crippen LogP contribution in [-0.2, 0) is 11.3 Å². The number of rotatable bonds is 4. The van der Waals surface area contributed by atoms with Crippen molar-refractivity contribution in [2.45, 2.75) is 13.5 Å². The molecule has 0 radical (unpaired) electrons. The lowest BCUT2D eigenvalue weighted by Gasteiger charge is -2.26. The third kappa shape index (κ3) is 3.48. The maximum absolute atomic E-state index is 12.9. The number of aromatic amines is 1. The van der Waals surface area contributed by atoms with Gasteiger partial charge in [-0.3, -0.25) is 9.69 Å². The number of para-hydroxylation sites is 1. The lowest BCUT2D eigenvalue weighted by molar-refractivity contribution is 0.0342. The Morgan fingerprint density at radius 2 is 2.15 bits per heavy atom. The Bertz CT molecular complexity index is 946. The van der Waals surface area contributed by atoms with Crippen LogP contribution in [0.3, 0.4) is 0 Å². The number of fused-ring (bicyclic) bond motifs is 1. The van der Waals surface area contributed by atoms with Crippen LogP contribution in [0.5, 0.6) is 0 Å². The Balaban J connectivity index is 1.67. The number of ether oxygens (including phenoxy) is 1. The number of nitrogens with one attached hydrogen (secondary N) is 2. The van der Waals surface area contributed by atoms with E-state index in [1.54, 1.807) is 23.5 Å². The van der Waals surface area contributed by atoms with Crippen molar-refractivity contribution in [2.24, 2.45) is 0 Å². The highest BCUT2D eigenvalue weighted by molar-refractivity contribution is 7.18. The van der Waals surface area contributed by atoms with E-state index in [1.165, 1.54) is 0 Å². The Hall–Kier alpha value is -1.93. The lowest BCUT2D eigenvalue weighted by atomic mass is 10.2. The summed E-state index contributed by atoms with van der Waals surface area (Å²) in [5.74, 6) is -0.204. The van der Waals surface area contributed by atoms with E-state index in [-0.39, 0.29) is 5.91 Å². The molecule has 0 spiro atoms. The minimum absolute atomic E-state index is 0.204. The summed E-state index contributed by atoms with van der Waals surface area (Å²) in [6.07, 6.45) is 0. The highest BCUT2D eigenvalue weighted by atomic mass is 35.5. The van der Waals surface area contributed by atoms with E-state index < -0.39 is 0 Å². The molecule has 26 heavy (non-hydrogen) atoms. The molecule has 1 aliphatic heterocycles. The van der Waals surface area contributed by atoms with Gasteiger partial charge in [0.25, 0.3) is 5.91 Å². The molecule has 2 aromatic heterocycles. The van der Waals surface area contributed by atoms with Crippen molar-refractivity contribution < 1.29 is 9.53 Å². The third-order valence-electron chi connectivity index (χ3n) is 4.39. The summed E-state index contributed by atoms with van der Waals surface area (Å²) in [7, 11) is 0. The predicted molar refractivity (Wildman–Crippen MR) is 104 cm³/mol. The number of hydrogen-bond acceptors (Lipinski definition) is 5. The van der Waals surface area contributed by atoms with E-state index in [0.29, 0.717) is 36.2 Å². The number of carbonyl (C=O) groups is 1. The first kappa shape index (κ1) is 17.5. The fourth-order valence-electron chi connectivity index (χ4n) is 3.10. The highest BCUT2D eigenvalue weighted by Crippen LogP contribution is 2.29. The van der Waals surface area contributed by atoms with E-state index in [4.69, 9.17) is 16.3 Å². The number of hydrogen-bond donors (Lipinski definition) is 2. The molecular weight excluding hydrogens is 372 g/mol. The molecule has 8 heteroatoms. The molecule has 3 aromatic rings.